The Labute approximate surface area is 267 Å². The van der Waals surface area contributed by atoms with Crippen molar-refractivity contribution in [2.45, 2.75) is 0 Å². The molecule has 2 heteroatoms. The average Bonchev–Trinajstić information content (AvgIpc) is 3.51. The van der Waals surface area contributed by atoms with E-state index in [4.69, 9.17) is 4.42 Å². The zero-order valence-electron chi connectivity index (χ0n) is 25.1. The highest BCUT2D eigenvalue weighted by atomic mass is 16.3. The molecule has 0 aliphatic heterocycles. The van der Waals surface area contributed by atoms with Gasteiger partial charge in [0.2, 0.25) is 0 Å². The number of fused-ring (bicyclic) bond motifs is 6. The van der Waals surface area contributed by atoms with Gasteiger partial charge in [-0.3, -0.25) is 0 Å². The lowest BCUT2D eigenvalue weighted by Gasteiger charge is -2.28. The maximum Gasteiger partial charge on any atom is 0.135 e. The molecule has 0 amide bonds. The highest BCUT2D eigenvalue weighted by Gasteiger charge is 2.20. The number of hydrogen-bond donors (Lipinski definition) is 0. The predicted molar refractivity (Wildman–Crippen MR) is 194 cm³/mol. The summed E-state index contributed by atoms with van der Waals surface area (Å²) in [5, 5.41) is 7.11. The molecule has 0 saturated heterocycles. The minimum Gasteiger partial charge on any atom is -0.456 e. The molecule has 0 aliphatic rings. The van der Waals surface area contributed by atoms with E-state index >= 15 is 0 Å². The van der Waals surface area contributed by atoms with Gasteiger partial charge in [-0.2, -0.15) is 0 Å². The Bertz CT molecular complexity index is 2510. The Balaban J connectivity index is 1.33. The molecule has 0 aliphatic carbocycles. The summed E-state index contributed by atoms with van der Waals surface area (Å²) in [5.41, 5.74) is 9.88. The number of rotatable bonds is 5. The fourth-order valence-electron chi connectivity index (χ4n) is 6.79. The molecule has 0 saturated carbocycles. The third kappa shape index (κ3) is 4.43. The molecule has 9 rings (SSSR count). The number of para-hydroxylation sites is 1. The zero-order chi connectivity index (χ0) is 30.5. The number of anilines is 3. The molecule has 0 spiro atoms. The van der Waals surface area contributed by atoms with Crippen molar-refractivity contribution in [1.82, 2.24) is 0 Å². The van der Waals surface area contributed by atoms with Gasteiger partial charge in [0.05, 0.1) is 5.69 Å². The van der Waals surface area contributed by atoms with Crippen LogP contribution in [0.3, 0.4) is 0 Å². The molecule has 46 heavy (non-hydrogen) atoms. The number of benzene rings is 8. The summed E-state index contributed by atoms with van der Waals surface area (Å²) in [6.45, 7) is 0. The number of furan rings is 1. The van der Waals surface area contributed by atoms with Gasteiger partial charge in [0.15, 0.2) is 0 Å². The van der Waals surface area contributed by atoms with Crippen LogP contribution in [0.4, 0.5) is 17.1 Å². The molecule has 8 aromatic carbocycles. The van der Waals surface area contributed by atoms with Crippen LogP contribution in [0.15, 0.2) is 180 Å². The normalized spacial score (nSPS) is 11.5. The van der Waals surface area contributed by atoms with E-state index in [-0.39, 0.29) is 0 Å². The van der Waals surface area contributed by atoms with Crippen molar-refractivity contribution in [1.29, 1.82) is 0 Å². The lowest BCUT2D eigenvalue weighted by Crippen LogP contribution is -2.10. The molecule has 216 valence electrons. The van der Waals surface area contributed by atoms with Gasteiger partial charge in [0, 0.05) is 27.5 Å². The average molecular weight is 588 g/mol. The van der Waals surface area contributed by atoms with Gasteiger partial charge >= 0.3 is 0 Å². The first-order valence-electron chi connectivity index (χ1n) is 15.7. The summed E-state index contributed by atoms with van der Waals surface area (Å²) in [6, 6.07) is 62.9. The third-order valence-corrected chi connectivity index (χ3v) is 9.04. The molecule has 0 unspecified atom stereocenters. The van der Waals surface area contributed by atoms with Gasteiger partial charge in [0.25, 0.3) is 0 Å². The van der Waals surface area contributed by atoms with Gasteiger partial charge in [-0.05, 0) is 86.9 Å². The SMILES string of the molecule is c1ccc(-c2ccc(N(c3ccc4oc5ccccc5c4c3)c3cc4ccccc4c4ccc(-c5ccccc5)cc34)cc2)cc1. The van der Waals surface area contributed by atoms with Crippen LogP contribution in [0.5, 0.6) is 0 Å². The highest BCUT2D eigenvalue weighted by molar-refractivity contribution is 6.16. The van der Waals surface area contributed by atoms with E-state index in [1.165, 1.54) is 43.8 Å². The standard InChI is InChI=1S/C44H29NO/c1-3-11-30(12-4-1)32-19-22-35(23-20-32)45(36-24-26-44-41(29-36)39-17-9-10-18-43(39)46-44)42-28-34-15-7-8-16-37(34)38-25-21-33(27-40(38)42)31-13-5-2-6-14-31/h1-29H. The lowest BCUT2D eigenvalue weighted by molar-refractivity contribution is 0.669. The molecular weight excluding hydrogens is 558 g/mol. The van der Waals surface area contributed by atoms with Gasteiger partial charge < -0.3 is 9.32 Å². The highest BCUT2D eigenvalue weighted by Crippen LogP contribution is 2.45. The van der Waals surface area contributed by atoms with E-state index in [2.05, 4.69) is 169 Å². The van der Waals surface area contributed by atoms with E-state index in [0.29, 0.717) is 0 Å². The van der Waals surface area contributed by atoms with Crippen molar-refractivity contribution in [2.24, 2.45) is 0 Å². The number of nitrogens with zero attached hydrogens (tertiary/aromatic N) is 1. The zero-order valence-corrected chi connectivity index (χ0v) is 25.1. The van der Waals surface area contributed by atoms with Crippen LogP contribution in [0, 0.1) is 0 Å². The Hall–Kier alpha value is -6.12. The topological polar surface area (TPSA) is 16.4 Å². The molecule has 0 atom stereocenters. The quantitative estimate of drug-likeness (QED) is 0.186. The van der Waals surface area contributed by atoms with E-state index in [0.717, 1.165) is 39.0 Å². The largest absolute Gasteiger partial charge is 0.456 e. The molecule has 1 heterocycles. The first-order valence-corrected chi connectivity index (χ1v) is 15.7. The predicted octanol–water partition coefficient (Wildman–Crippen LogP) is 12.7. The third-order valence-electron chi connectivity index (χ3n) is 9.04. The summed E-state index contributed by atoms with van der Waals surface area (Å²) in [6.07, 6.45) is 0. The van der Waals surface area contributed by atoms with Crippen molar-refractivity contribution >= 4 is 60.5 Å². The van der Waals surface area contributed by atoms with Crippen molar-refractivity contribution in [3.63, 3.8) is 0 Å². The molecule has 9 aromatic rings. The van der Waals surface area contributed by atoms with Gasteiger partial charge in [0.1, 0.15) is 11.2 Å². The van der Waals surface area contributed by atoms with Crippen LogP contribution in [0.1, 0.15) is 0 Å². The maximum absolute atomic E-state index is 6.24. The molecule has 2 nitrogen and oxygen atoms in total. The minimum atomic E-state index is 0.888. The second kappa shape index (κ2) is 10.8. The number of hydrogen-bond acceptors (Lipinski definition) is 2. The Morgan fingerprint density at radius 2 is 0.913 bits per heavy atom. The van der Waals surface area contributed by atoms with E-state index in [1.807, 2.05) is 12.1 Å². The van der Waals surface area contributed by atoms with Gasteiger partial charge in [-0.1, -0.05) is 127 Å². The Morgan fingerprint density at radius 3 is 1.70 bits per heavy atom. The van der Waals surface area contributed by atoms with Crippen LogP contribution in [0.25, 0.3) is 65.7 Å². The van der Waals surface area contributed by atoms with Crippen LogP contribution in [-0.2, 0) is 0 Å². The summed E-state index contributed by atoms with van der Waals surface area (Å²) in [7, 11) is 0. The van der Waals surface area contributed by atoms with E-state index in [1.54, 1.807) is 0 Å². The van der Waals surface area contributed by atoms with Gasteiger partial charge in [-0.15, -0.1) is 0 Å². The molecule has 0 fully saturated rings. The smallest absolute Gasteiger partial charge is 0.135 e. The van der Waals surface area contributed by atoms with Crippen LogP contribution >= 0.6 is 0 Å². The minimum absolute atomic E-state index is 0.888. The second-order valence-corrected chi connectivity index (χ2v) is 11.8. The summed E-state index contributed by atoms with van der Waals surface area (Å²) >= 11 is 0. The summed E-state index contributed by atoms with van der Waals surface area (Å²) in [5.74, 6) is 0. The van der Waals surface area contributed by atoms with Crippen molar-refractivity contribution < 1.29 is 4.42 Å². The molecular formula is C44H29NO. The van der Waals surface area contributed by atoms with Crippen molar-refractivity contribution in [3.05, 3.63) is 176 Å². The maximum atomic E-state index is 6.24. The van der Waals surface area contributed by atoms with Crippen LogP contribution < -0.4 is 4.90 Å². The van der Waals surface area contributed by atoms with Crippen LogP contribution in [0.2, 0.25) is 0 Å². The van der Waals surface area contributed by atoms with Gasteiger partial charge in [-0.25, -0.2) is 0 Å². The second-order valence-electron chi connectivity index (χ2n) is 11.8. The van der Waals surface area contributed by atoms with E-state index < -0.39 is 0 Å². The molecule has 1 aromatic heterocycles. The first-order chi connectivity index (χ1) is 22.8. The fraction of sp³-hybridized carbons (Fsp3) is 0. The summed E-state index contributed by atoms with van der Waals surface area (Å²) < 4.78 is 6.24. The molecule has 0 N–H and O–H groups in total. The van der Waals surface area contributed by atoms with Crippen LogP contribution in [-0.4, -0.2) is 0 Å². The summed E-state index contributed by atoms with van der Waals surface area (Å²) in [4.78, 5) is 2.40. The lowest BCUT2D eigenvalue weighted by atomic mass is 9.95. The molecule has 0 bridgehead atoms. The van der Waals surface area contributed by atoms with Crippen molar-refractivity contribution in [3.8, 4) is 22.3 Å². The Morgan fingerprint density at radius 1 is 0.326 bits per heavy atom. The first kappa shape index (κ1) is 26.3. The molecule has 0 radical (unpaired) electrons. The van der Waals surface area contributed by atoms with E-state index in [9.17, 15) is 0 Å². The monoisotopic (exact) mass is 587 g/mol. The fourth-order valence-corrected chi connectivity index (χ4v) is 6.79. The Kier molecular flexibility index (Phi) is 6.17. The van der Waals surface area contributed by atoms with Crippen molar-refractivity contribution in [2.75, 3.05) is 4.90 Å².